The van der Waals surface area contributed by atoms with Crippen molar-refractivity contribution in [2.24, 2.45) is 0 Å². The van der Waals surface area contributed by atoms with Gasteiger partial charge in [0.25, 0.3) is 0 Å². The molecule has 1 rings (SSSR count). The van der Waals surface area contributed by atoms with Gasteiger partial charge in [0.1, 0.15) is 5.82 Å². The van der Waals surface area contributed by atoms with Gasteiger partial charge in [0.05, 0.1) is 11.1 Å². The highest BCUT2D eigenvalue weighted by atomic mass is 19.4. The Kier molecular flexibility index (Phi) is 3.09. The summed E-state index contributed by atoms with van der Waals surface area (Å²) >= 11 is 0. The van der Waals surface area contributed by atoms with Gasteiger partial charge in [-0.1, -0.05) is 6.07 Å². The largest absolute Gasteiger partial charge is 0.477 e. The van der Waals surface area contributed by atoms with Gasteiger partial charge < -0.3 is 5.11 Å². The lowest BCUT2D eigenvalue weighted by atomic mass is 10.0. The highest BCUT2D eigenvalue weighted by Gasteiger charge is 2.46. The van der Waals surface area contributed by atoms with Crippen molar-refractivity contribution in [1.82, 2.24) is 0 Å². The molecule has 1 aromatic carbocycles. The molecule has 0 unspecified atom stereocenters. The molecule has 0 atom stereocenters. The van der Waals surface area contributed by atoms with E-state index >= 15 is 0 Å². The van der Waals surface area contributed by atoms with E-state index in [0.29, 0.717) is 12.1 Å². The van der Waals surface area contributed by atoms with E-state index in [4.69, 9.17) is 5.11 Å². The molecule has 0 saturated heterocycles. The van der Waals surface area contributed by atoms with Crippen LogP contribution in [0.2, 0.25) is 0 Å². The minimum atomic E-state index is -5.17. The summed E-state index contributed by atoms with van der Waals surface area (Å²) in [5.41, 5.74) is -3.75. The molecule has 0 radical (unpaired) electrons. The standard InChI is InChI=1S/C9H4F6O2/c10-6-4(8(11,12)7(16)17)2-1-3-5(6)9(13,14)15/h1-3H,(H,16,17). The Bertz CT molecular complexity index is 451. The Labute approximate surface area is 90.5 Å². The van der Waals surface area contributed by atoms with Crippen LogP contribution in [0.5, 0.6) is 0 Å². The van der Waals surface area contributed by atoms with E-state index in [1.165, 1.54) is 0 Å². The van der Waals surface area contributed by atoms with Gasteiger partial charge in [-0.3, -0.25) is 0 Å². The number of rotatable bonds is 2. The molecule has 17 heavy (non-hydrogen) atoms. The molecule has 0 fully saturated rings. The maximum atomic E-state index is 13.2. The van der Waals surface area contributed by atoms with Crippen molar-refractivity contribution < 1.29 is 36.2 Å². The monoisotopic (exact) mass is 258 g/mol. The molecule has 0 amide bonds. The van der Waals surface area contributed by atoms with Gasteiger partial charge in [-0.2, -0.15) is 22.0 Å². The Hall–Kier alpha value is -1.73. The second-order valence-electron chi connectivity index (χ2n) is 3.04. The molecule has 0 aliphatic rings. The molecule has 2 nitrogen and oxygen atoms in total. The molecule has 94 valence electrons. The maximum absolute atomic E-state index is 13.2. The minimum absolute atomic E-state index is 0.247. The zero-order chi connectivity index (χ0) is 13.4. The summed E-state index contributed by atoms with van der Waals surface area (Å²) in [6.45, 7) is 0. The fourth-order valence-electron chi connectivity index (χ4n) is 1.11. The number of hydrogen-bond donors (Lipinski definition) is 1. The molecule has 8 heteroatoms. The van der Waals surface area contributed by atoms with E-state index in [1.807, 2.05) is 0 Å². The highest BCUT2D eigenvalue weighted by Crippen LogP contribution is 2.37. The van der Waals surface area contributed by atoms with Gasteiger partial charge in [-0.15, -0.1) is 0 Å². The van der Waals surface area contributed by atoms with Crippen LogP contribution in [0.15, 0.2) is 18.2 Å². The summed E-state index contributed by atoms with van der Waals surface area (Å²) in [5.74, 6) is -9.73. The van der Waals surface area contributed by atoms with Crippen molar-refractivity contribution >= 4 is 5.97 Å². The first-order valence-electron chi connectivity index (χ1n) is 4.06. The summed E-state index contributed by atoms with van der Waals surface area (Å²) < 4.78 is 75.5. The van der Waals surface area contributed by atoms with Crippen LogP contribution in [0.1, 0.15) is 11.1 Å². The van der Waals surface area contributed by atoms with Crippen molar-refractivity contribution in [1.29, 1.82) is 0 Å². The van der Waals surface area contributed by atoms with E-state index < -0.39 is 35.0 Å². The van der Waals surface area contributed by atoms with E-state index in [-0.39, 0.29) is 6.07 Å². The zero-order valence-electron chi connectivity index (χ0n) is 7.86. The summed E-state index contributed by atoms with van der Waals surface area (Å²) in [6.07, 6.45) is -5.17. The molecule has 0 aromatic heterocycles. The minimum Gasteiger partial charge on any atom is -0.477 e. The van der Waals surface area contributed by atoms with Crippen molar-refractivity contribution in [2.75, 3.05) is 0 Å². The second kappa shape index (κ2) is 3.94. The van der Waals surface area contributed by atoms with Crippen LogP contribution < -0.4 is 0 Å². The van der Waals surface area contributed by atoms with Crippen LogP contribution in [-0.4, -0.2) is 11.1 Å². The molecule has 0 saturated carbocycles. The third-order valence-corrected chi connectivity index (χ3v) is 1.91. The van der Waals surface area contributed by atoms with E-state index in [2.05, 4.69) is 0 Å². The summed E-state index contributed by atoms with van der Waals surface area (Å²) in [6, 6.07) is 1.05. The number of carboxylic acids is 1. The maximum Gasteiger partial charge on any atom is 0.419 e. The lowest BCUT2D eigenvalue weighted by Crippen LogP contribution is -2.27. The van der Waals surface area contributed by atoms with Crippen molar-refractivity contribution in [3.8, 4) is 0 Å². The molecule has 1 N–H and O–H groups in total. The Morgan fingerprint density at radius 2 is 1.53 bits per heavy atom. The Morgan fingerprint density at radius 3 is 1.94 bits per heavy atom. The fourth-order valence-corrected chi connectivity index (χ4v) is 1.11. The Balaban J connectivity index is 3.44. The van der Waals surface area contributed by atoms with E-state index in [1.54, 1.807) is 0 Å². The number of aliphatic carboxylic acids is 1. The molecular formula is C9H4F6O2. The molecule has 0 aliphatic carbocycles. The number of halogens is 6. The summed E-state index contributed by atoms with van der Waals surface area (Å²) in [5, 5.41) is 8.11. The highest BCUT2D eigenvalue weighted by molar-refractivity contribution is 5.77. The molecular weight excluding hydrogens is 254 g/mol. The van der Waals surface area contributed by atoms with Crippen LogP contribution in [-0.2, 0) is 16.9 Å². The van der Waals surface area contributed by atoms with E-state index in [9.17, 15) is 31.1 Å². The first-order valence-corrected chi connectivity index (χ1v) is 4.06. The summed E-state index contributed by atoms with van der Waals surface area (Å²) in [4.78, 5) is 10.1. The van der Waals surface area contributed by atoms with Crippen LogP contribution in [0.4, 0.5) is 26.3 Å². The van der Waals surface area contributed by atoms with Crippen LogP contribution in [0.3, 0.4) is 0 Å². The molecule has 0 bridgehead atoms. The van der Waals surface area contributed by atoms with Crippen molar-refractivity contribution in [2.45, 2.75) is 12.1 Å². The molecule has 0 heterocycles. The summed E-state index contributed by atoms with van der Waals surface area (Å²) in [7, 11) is 0. The first-order chi connectivity index (χ1) is 7.58. The quantitative estimate of drug-likeness (QED) is 0.828. The van der Waals surface area contributed by atoms with Crippen molar-refractivity contribution in [3.63, 3.8) is 0 Å². The molecule has 1 aromatic rings. The van der Waals surface area contributed by atoms with Gasteiger partial charge in [-0.05, 0) is 12.1 Å². The number of carboxylic acid groups (broad SMARTS) is 1. The predicted octanol–water partition coefficient (Wildman–Crippen LogP) is 3.02. The number of carbonyl (C=O) groups is 1. The van der Waals surface area contributed by atoms with Gasteiger partial charge in [0.2, 0.25) is 0 Å². The normalized spacial score (nSPS) is 12.6. The number of benzene rings is 1. The lowest BCUT2D eigenvalue weighted by molar-refractivity contribution is -0.167. The Morgan fingerprint density at radius 1 is 1.06 bits per heavy atom. The smallest absolute Gasteiger partial charge is 0.419 e. The van der Waals surface area contributed by atoms with Crippen LogP contribution in [0, 0.1) is 5.82 Å². The topological polar surface area (TPSA) is 37.3 Å². The average Bonchev–Trinajstić information content (AvgIpc) is 2.15. The zero-order valence-corrected chi connectivity index (χ0v) is 7.86. The second-order valence-corrected chi connectivity index (χ2v) is 3.04. The number of hydrogen-bond acceptors (Lipinski definition) is 1. The predicted molar refractivity (Wildman–Crippen MR) is 42.9 cm³/mol. The average molecular weight is 258 g/mol. The fraction of sp³-hybridized carbons (Fsp3) is 0.222. The third-order valence-electron chi connectivity index (χ3n) is 1.91. The lowest BCUT2D eigenvalue weighted by Gasteiger charge is -2.15. The molecule has 0 aliphatic heterocycles. The van der Waals surface area contributed by atoms with Gasteiger partial charge in [0, 0.05) is 0 Å². The van der Waals surface area contributed by atoms with Crippen LogP contribution in [0.25, 0.3) is 0 Å². The van der Waals surface area contributed by atoms with Gasteiger partial charge >= 0.3 is 18.1 Å². The molecule has 0 spiro atoms. The SMILES string of the molecule is O=C(O)C(F)(F)c1cccc(C(F)(F)F)c1F. The van der Waals surface area contributed by atoms with Gasteiger partial charge in [-0.25, -0.2) is 9.18 Å². The van der Waals surface area contributed by atoms with Crippen molar-refractivity contribution in [3.05, 3.63) is 35.1 Å². The first kappa shape index (κ1) is 13.3. The number of alkyl halides is 5. The van der Waals surface area contributed by atoms with E-state index in [0.717, 1.165) is 0 Å². The van der Waals surface area contributed by atoms with Crippen LogP contribution >= 0.6 is 0 Å². The van der Waals surface area contributed by atoms with Gasteiger partial charge in [0.15, 0.2) is 0 Å². The third kappa shape index (κ3) is 2.34.